The van der Waals surface area contributed by atoms with Gasteiger partial charge in [-0.2, -0.15) is 0 Å². The summed E-state index contributed by atoms with van der Waals surface area (Å²) in [4.78, 5) is 0. The van der Waals surface area contributed by atoms with E-state index in [0.29, 0.717) is 0 Å². The average Bonchev–Trinajstić information content (AvgIpc) is 1.66. The molecule has 0 aromatic heterocycles. The van der Waals surface area contributed by atoms with Gasteiger partial charge in [0, 0.05) is 6.42 Å². The van der Waals surface area contributed by atoms with Crippen LogP contribution in [0.2, 0.25) is 0 Å². The Morgan fingerprint density at radius 3 is 2.75 bits per heavy atom. The minimum atomic E-state index is 0.757. The standard InChI is InChI=1S/C8H10/c1-4-5-6-7-8(2)3/h4H,1-2,5H2,3H3. The van der Waals surface area contributed by atoms with E-state index in [1.54, 1.807) is 6.08 Å². The summed E-state index contributed by atoms with van der Waals surface area (Å²) in [6.07, 6.45) is 2.53. The van der Waals surface area contributed by atoms with Crippen molar-refractivity contribution in [2.24, 2.45) is 0 Å². The van der Waals surface area contributed by atoms with E-state index in [0.717, 1.165) is 12.0 Å². The second kappa shape index (κ2) is 4.21. The van der Waals surface area contributed by atoms with Crippen molar-refractivity contribution in [3.8, 4) is 11.8 Å². The molecular weight excluding hydrogens is 96.1 g/mol. The molecule has 0 spiro atoms. The molecule has 0 fully saturated rings. The maximum Gasteiger partial charge on any atom is 0.0270 e. The monoisotopic (exact) mass is 106 g/mol. The van der Waals surface area contributed by atoms with Gasteiger partial charge in [-0.15, -0.1) is 6.58 Å². The number of hydrogen-bond acceptors (Lipinski definition) is 0. The van der Waals surface area contributed by atoms with Crippen molar-refractivity contribution in [1.82, 2.24) is 0 Å². The van der Waals surface area contributed by atoms with Crippen LogP contribution in [0.3, 0.4) is 0 Å². The molecule has 0 aromatic carbocycles. The lowest BCUT2D eigenvalue weighted by molar-refractivity contribution is 1.48. The number of rotatable bonds is 1. The Bertz CT molecular complexity index is 141. The lowest BCUT2D eigenvalue weighted by Gasteiger charge is -1.74. The first-order valence-electron chi connectivity index (χ1n) is 2.52. The summed E-state index contributed by atoms with van der Waals surface area (Å²) in [5, 5.41) is 0. The van der Waals surface area contributed by atoms with Gasteiger partial charge in [-0.05, 0) is 12.5 Å². The Labute approximate surface area is 50.9 Å². The molecule has 0 saturated heterocycles. The second-order valence-electron chi connectivity index (χ2n) is 1.57. The van der Waals surface area contributed by atoms with Crippen molar-refractivity contribution in [3.05, 3.63) is 24.8 Å². The molecule has 0 nitrogen and oxygen atoms in total. The second-order valence-corrected chi connectivity index (χ2v) is 1.57. The van der Waals surface area contributed by atoms with Gasteiger partial charge in [-0.25, -0.2) is 0 Å². The fraction of sp³-hybridized carbons (Fsp3) is 0.250. The molecule has 0 heterocycles. The molecule has 0 unspecified atom stereocenters. The third-order valence-corrected chi connectivity index (χ3v) is 0.548. The molecule has 0 bridgehead atoms. The Kier molecular flexibility index (Phi) is 3.70. The van der Waals surface area contributed by atoms with Gasteiger partial charge in [-0.1, -0.05) is 24.5 Å². The quantitative estimate of drug-likeness (QED) is 0.355. The molecule has 0 heteroatoms. The van der Waals surface area contributed by atoms with Crippen molar-refractivity contribution >= 4 is 0 Å². The summed E-state index contributed by atoms with van der Waals surface area (Å²) in [7, 11) is 0. The fourth-order valence-electron chi connectivity index (χ4n) is 0.274. The van der Waals surface area contributed by atoms with E-state index in [-0.39, 0.29) is 0 Å². The van der Waals surface area contributed by atoms with Crippen LogP contribution in [0.5, 0.6) is 0 Å². The van der Waals surface area contributed by atoms with Crippen LogP contribution in [0.25, 0.3) is 0 Å². The Balaban J connectivity index is 3.50. The molecule has 0 N–H and O–H groups in total. The highest BCUT2D eigenvalue weighted by atomic mass is 13.7. The molecule has 0 atom stereocenters. The molecule has 42 valence electrons. The zero-order chi connectivity index (χ0) is 6.41. The van der Waals surface area contributed by atoms with Crippen LogP contribution >= 0.6 is 0 Å². The maximum atomic E-state index is 3.62. The van der Waals surface area contributed by atoms with Crippen LogP contribution in [0, 0.1) is 11.8 Å². The topological polar surface area (TPSA) is 0 Å². The van der Waals surface area contributed by atoms with Gasteiger partial charge >= 0.3 is 0 Å². The molecule has 8 heavy (non-hydrogen) atoms. The number of allylic oxidation sites excluding steroid dienone is 2. The highest BCUT2D eigenvalue weighted by molar-refractivity contribution is 5.23. The third kappa shape index (κ3) is 5.04. The molecule has 0 aliphatic heterocycles. The van der Waals surface area contributed by atoms with Crippen LogP contribution in [-0.4, -0.2) is 0 Å². The number of hydrogen-bond donors (Lipinski definition) is 0. The van der Waals surface area contributed by atoms with Gasteiger partial charge in [0.15, 0.2) is 0 Å². The average molecular weight is 106 g/mol. The van der Waals surface area contributed by atoms with Crippen LogP contribution in [0.15, 0.2) is 24.8 Å². The van der Waals surface area contributed by atoms with Gasteiger partial charge in [0.1, 0.15) is 0 Å². The molecule has 0 aliphatic carbocycles. The van der Waals surface area contributed by atoms with Crippen molar-refractivity contribution in [2.75, 3.05) is 0 Å². The first kappa shape index (κ1) is 7.04. The van der Waals surface area contributed by atoms with Crippen molar-refractivity contribution in [3.63, 3.8) is 0 Å². The fourth-order valence-corrected chi connectivity index (χ4v) is 0.274. The zero-order valence-corrected chi connectivity index (χ0v) is 5.20. The van der Waals surface area contributed by atoms with E-state index in [9.17, 15) is 0 Å². The van der Waals surface area contributed by atoms with Crippen LogP contribution in [-0.2, 0) is 0 Å². The summed E-state index contributed by atoms with van der Waals surface area (Å²) in [5.41, 5.74) is 0.909. The molecule has 0 rings (SSSR count). The van der Waals surface area contributed by atoms with E-state index < -0.39 is 0 Å². The summed E-state index contributed by atoms with van der Waals surface area (Å²) in [5.74, 6) is 5.70. The first-order valence-corrected chi connectivity index (χ1v) is 2.52. The summed E-state index contributed by atoms with van der Waals surface area (Å²) >= 11 is 0. The lowest BCUT2D eigenvalue weighted by atomic mass is 10.3. The molecule has 0 aliphatic rings. The smallest absolute Gasteiger partial charge is 0.0270 e. The van der Waals surface area contributed by atoms with Gasteiger partial charge < -0.3 is 0 Å². The first-order chi connectivity index (χ1) is 3.77. The molecule has 0 radical (unpaired) electrons. The largest absolute Gasteiger partial charge is 0.102 e. The van der Waals surface area contributed by atoms with Gasteiger partial charge in [0.05, 0.1) is 0 Å². The predicted octanol–water partition coefficient (Wildman–Crippen LogP) is 2.14. The van der Waals surface area contributed by atoms with Gasteiger partial charge in [0.2, 0.25) is 0 Å². The Hall–Kier alpha value is -0.960. The van der Waals surface area contributed by atoms with Crippen LogP contribution in [0.1, 0.15) is 13.3 Å². The summed E-state index contributed by atoms with van der Waals surface area (Å²) < 4.78 is 0. The van der Waals surface area contributed by atoms with E-state index in [2.05, 4.69) is 25.0 Å². The highest BCUT2D eigenvalue weighted by Crippen LogP contribution is 1.81. The molecular formula is C8H10. The summed E-state index contributed by atoms with van der Waals surface area (Å²) in [6, 6.07) is 0. The zero-order valence-electron chi connectivity index (χ0n) is 5.20. The predicted molar refractivity (Wildman–Crippen MR) is 37.4 cm³/mol. The lowest BCUT2D eigenvalue weighted by Crippen LogP contribution is -1.60. The van der Waals surface area contributed by atoms with Crippen molar-refractivity contribution in [2.45, 2.75) is 13.3 Å². The van der Waals surface area contributed by atoms with E-state index >= 15 is 0 Å². The van der Waals surface area contributed by atoms with Gasteiger partial charge in [-0.3, -0.25) is 0 Å². The SMILES string of the molecule is C=CCC#CC(=C)C. The molecule has 0 aromatic rings. The van der Waals surface area contributed by atoms with Crippen molar-refractivity contribution in [1.29, 1.82) is 0 Å². The molecule has 0 saturated carbocycles. The Morgan fingerprint density at radius 1 is 1.75 bits per heavy atom. The van der Waals surface area contributed by atoms with Crippen molar-refractivity contribution < 1.29 is 0 Å². The minimum absolute atomic E-state index is 0.757. The normalized spacial score (nSPS) is 6.62. The van der Waals surface area contributed by atoms with Gasteiger partial charge in [0.25, 0.3) is 0 Å². The highest BCUT2D eigenvalue weighted by Gasteiger charge is 1.67. The Morgan fingerprint density at radius 2 is 2.38 bits per heavy atom. The van der Waals surface area contributed by atoms with E-state index in [4.69, 9.17) is 0 Å². The van der Waals surface area contributed by atoms with E-state index in [1.165, 1.54) is 0 Å². The maximum absolute atomic E-state index is 3.62. The summed E-state index contributed by atoms with van der Waals surface area (Å²) in [6.45, 7) is 9.03. The van der Waals surface area contributed by atoms with Crippen LogP contribution in [0.4, 0.5) is 0 Å². The van der Waals surface area contributed by atoms with E-state index in [1.807, 2.05) is 6.92 Å². The van der Waals surface area contributed by atoms with Crippen LogP contribution < -0.4 is 0 Å². The minimum Gasteiger partial charge on any atom is -0.102 e. The third-order valence-electron chi connectivity index (χ3n) is 0.548. The molecule has 0 amide bonds.